The number of H-pyrrole nitrogens is 1. The Morgan fingerprint density at radius 1 is 1.40 bits per heavy atom. The number of nitrogens with zero attached hydrogens (tertiary/aromatic N) is 3. The highest BCUT2D eigenvalue weighted by molar-refractivity contribution is 5.77. The van der Waals surface area contributed by atoms with Gasteiger partial charge in [0.1, 0.15) is 12.2 Å². The van der Waals surface area contributed by atoms with Crippen LogP contribution >= 0.6 is 0 Å². The molecule has 3 rings (SSSR count). The van der Waals surface area contributed by atoms with E-state index in [1.165, 1.54) is 6.33 Å². The summed E-state index contributed by atoms with van der Waals surface area (Å²) in [5.41, 5.74) is 0. The van der Waals surface area contributed by atoms with Crippen LogP contribution < -0.4 is 9.47 Å². The molecule has 1 aromatic carbocycles. The van der Waals surface area contributed by atoms with Crippen molar-refractivity contribution in [2.45, 2.75) is 18.4 Å². The molecule has 8 heteroatoms. The van der Waals surface area contributed by atoms with Crippen LogP contribution in [0.25, 0.3) is 0 Å². The summed E-state index contributed by atoms with van der Waals surface area (Å²) in [7, 11) is 3.31. The molecule has 2 heterocycles. The van der Waals surface area contributed by atoms with Crippen molar-refractivity contribution in [1.29, 1.82) is 0 Å². The van der Waals surface area contributed by atoms with E-state index in [1.54, 1.807) is 31.2 Å². The van der Waals surface area contributed by atoms with Crippen LogP contribution in [0, 0.1) is 0 Å². The number of benzene rings is 1. The number of likely N-dealkylation sites (N-methyl/N-ethyl adjacent to an activating group) is 1. The van der Waals surface area contributed by atoms with Gasteiger partial charge in [0.05, 0.1) is 13.2 Å². The molecule has 8 nitrogen and oxygen atoms in total. The fourth-order valence-corrected chi connectivity index (χ4v) is 2.89. The van der Waals surface area contributed by atoms with Crippen molar-refractivity contribution >= 4 is 5.91 Å². The number of carbonyl (C=O) groups excluding carboxylic acids is 1. The summed E-state index contributed by atoms with van der Waals surface area (Å²) in [6.45, 7) is 1.06. The molecule has 2 aromatic rings. The summed E-state index contributed by atoms with van der Waals surface area (Å²) < 4.78 is 16.6. The summed E-state index contributed by atoms with van der Waals surface area (Å²) in [6.07, 6.45) is 2.24. The number of aromatic amines is 1. The van der Waals surface area contributed by atoms with E-state index in [0.717, 1.165) is 12.2 Å². The van der Waals surface area contributed by atoms with E-state index in [1.807, 2.05) is 12.1 Å². The van der Waals surface area contributed by atoms with Crippen LogP contribution in [0.1, 0.15) is 18.2 Å². The Morgan fingerprint density at radius 3 is 2.92 bits per heavy atom. The molecule has 0 radical (unpaired) electrons. The van der Waals surface area contributed by atoms with E-state index in [0.29, 0.717) is 24.7 Å². The van der Waals surface area contributed by atoms with E-state index in [2.05, 4.69) is 15.2 Å². The van der Waals surface area contributed by atoms with Gasteiger partial charge in [0.15, 0.2) is 18.1 Å². The van der Waals surface area contributed by atoms with Gasteiger partial charge >= 0.3 is 0 Å². The highest BCUT2D eigenvalue weighted by Gasteiger charge is 2.33. The molecule has 134 valence electrons. The summed E-state index contributed by atoms with van der Waals surface area (Å²) >= 11 is 0. The highest BCUT2D eigenvalue weighted by Crippen LogP contribution is 2.29. The zero-order valence-corrected chi connectivity index (χ0v) is 14.3. The zero-order chi connectivity index (χ0) is 17.6. The lowest BCUT2D eigenvalue weighted by atomic mass is 10.0. The van der Waals surface area contributed by atoms with Crippen molar-refractivity contribution in [3.8, 4) is 11.5 Å². The minimum absolute atomic E-state index is 0.0590. The Hall–Kier alpha value is -2.61. The number of hydrogen-bond donors (Lipinski definition) is 1. The molecule has 1 N–H and O–H groups in total. The van der Waals surface area contributed by atoms with Crippen LogP contribution in [0.5, 0.6) is 11.5 Å². The van der Waals surface area contributed by atoms with Crippen LogP contribution in [-0.4, -0.2) is 66.0 Å². The Balaban J connectivity index is 1.54. The largest absolute Gasteiger partial charge is 0.493 e. The lowest BCUT2D eigenvalue weighted by Gasteiger charge is -2.24. The predicted molar refractivity (Wildman–Crippen MR) is 89.6 cm³/mol. The number of amides is 1. The number of methoxy groups -OCH3 is 1. The Bertz CT molecular complexity index is 692. The van der Waals surface area contributed by atoms with E-state index in [9.17, 15) is 4.79 Å². The normalized spacial score (nSPS) is 19.6. The van der Waals surface area contributed by atoms with Gasteiger partial charge in [0.25, 0.3) is 5.91 Å². The molecule has 0 aliphatic carbocycles. The monoisotopic (exact) mass is 346 g/mol. The topological polar surface area (TPSA) is 89.6 Å². The second-order valence-corrected chi connectivity index (χ2v) is 5.89. The first-order valence-corrected chi connectivity index (χ1v) is 8.15. The van der Waals surface area contributed by atoms with Crippen LogP contribution in [0.4, 0.5) is 0 Å². The molecule has 1 aromatic heterocycles. The zero-order valence-electron chi connectivity index (χ0n) is 14.3. The quantitative estimate of drug-likeness (QED) is 0.811. The maximum Gasteiger partial charge on any atom is 0.260 e. The highest BCUT2D eigenvalue weighted by atomic mass is 16.5. The third-order valence-corrected chi connectivity index (χ3v) is 4.29. The van der Waals surface area contributed by atoms with Gasteiger partial charge in [-0.2, -0.15) is 5.10 Å². The minimum atomic E-state index is -0.127. The molecule has 1 aliphatic heterocycles. The maximum absolute atomic E-state index is 12.4. The third-order valence-electron chi connectivity index (χ3n) is 4.29. The van der Waals surface area contributed by atoms with Crippen molar-refractivity contribution in [2.75, 3.05) is 33.9 Å². The predicted octanol–water partition coefficient (Wildman–Crippen LogP) is 1.22. The van der Waals surface area contributed by atoms with Crippen molar-refractivity contribution in [2.24, 2.45) is 0 Å². The van der Waals surface area contributed by atoms with Crippen molar-refractivity contribution in [1.82, 2.24) is 20.1 Å². The molecular formula is C17H22N4O4. The summed E-state index contributed by atoms with van der Waals surface area (Å²) in [5, 5.41) is 6.78. The van der Waals surface area contributed by atoms with Crippen molar-refractivity contribution < 1.29 is 19.0 Å². The van der Waals surface area contributed by atoms with Gasteiger partial charge in [-0.3, -0.25) is 9.89 Å². The third kappa shape index (κ3) is 4.08. The number of para-hydroxylation sites is 2. The molecule has 0 bridgehead atoms. The first kappa shape index (κ1) is 17.2. The fraction of sp³-hybridized carbons (Fsp3) is 0.471. The van der Waals surface area contributed by atoms with Gasteiger partial charge < -0.3 is 19.1 Å². The molecule has 0 spiro atoms. The summed E-state index contributed by atoms with van der Waals surface area (Å²) in [6, 6.07) is 7.24. The lowest BCUT2D eigenvalue weighted by molar-refractivity contribution is -0.133. The Labute approximate surface area is 146 Å². The SMILES string of the molecule is COc1ccccc1OCC(=O)N(C)C[C@H]1OCC[C@H]1c1ncn[nH]1. The van der Waals surface area contributed by atoms with Crippen LogP contribution in [0.3, 0.4) is 0 Å². The average molecular weight is 346 g/mol. The Kier molecular flexibility index (Phi) is 5.49. The molecule has 1 amide bonds. The lowest BCUT2D eigenvalue weighted by Crippen LogP contribution is -2.38. The standard InChI is InChI=1S/C17H22N4O4/c1-21(9-15-12(7-8-24-15)17-18-11-19-20-17)16(22)10-25-14-6-4-3-5-13(14)23-2/h3-6,11-12,15H,7-10H2,1-2H3,(H,18,19,20)/t12-,15-/m1/s1. The van der Waals surface area contributed by atoms with Crippen LogP contribution in [0.15, 0.2) is 30.6 Å². The molecule has 25 heavy (non-hydrogen) atoms. The van der Waals surface area contributed by atoms with E-state index in [4.69, 9.17) is 14.2 Å². The number of aromatic nitrogens is 3. The van der Waals surface area contributed by atoms with Gasteiger partial charge in [0, 0.05) is 26.1 Å². The number of nitrogens with one attached hydrogen (secondary N) is 1. The van der Waals surface area contributed by atoms with Crippen molar-refractivity contribution in [3.63, 3.8) is 0 Å². The summed E-state index contributed by atoms with van der Waals surface area (Å²) in [5.74, 6) is 1.94. The molecule has 0 unspecified atom stereocenters. The van der Waals surface area contributed by atoms with E-state index in [-0.39, 0.29) is 24.5 Å². The molecule has 2 atom stereocenters. The van der Waals surface area contributed by atoms with Crippen LogP contribution in [-0.2, 0) is 9.53 Å². The van der Waals surface area contributed by atoms with Gasteiger partial charge in [-0.05, 0) is 18.6 Å². The fourth-order valence-electron chi connectivity index (χ4n) is 2.89. The first-order chi connectivity index (χ1) is 12.2. The van der Waals surface area contributed by atoms with Gasteiger partial charge in [0.2, 0.25) is 0 Å². The van der Waals surface area contributed by atoms with Crippen molar-refractivity contribution in [3.05, 3.63) is 36.4 Å². The van der Waals surface area contributed by atoms with Gasteiger partial charge in [-0.25, -0.2) is 4.98 Å². The second kappa shape index (κ2) is 7.98. The van der Waals surface area contributed by atoms with E-state index >= 15 is 0 Å². The number of carbonyl (C=O) groups is 1. The average Bonchev–Trinajstić information content (AvgIpc) is 3.31. The maximum atomic E-state index is 12.4. The number of ether oxygens (including phenoxy) is 3. The first-order valence-electron chi connectivity index (χ1n) is 8.15. The minimum Gasteiger partial charge on any atom is -0.493 e. The number of rotatable bonds is 7. The molecule has 1 saturated heterocycles. The van der Waals surface area contributed by atoms with Crippen LogP contribution in [0.2, 0.25) is 0 Å². The molecule has 1 fully saturated rings. The van der Waals surface area contributed by atoms with Gasteiger partial charge in [-0.15, -0.1) is 0 Å². The Morgan fingerprint density at radius 2 is 2.20 bits per heavy atom. The molecular weight excluding hydrogens is 324 g/mol. The number of hydrogen-bond acceptors (Lipinski definition) is 6. The summed E-state index contributed by atoms with van der Waals surface area (Å²) in [4.78, 5) is 18.2. The molecule has 0 saturated carbocycles. The molecule has 1 aliphatic rings. The van der Waals surface area contributed by atoms with E-state index < -0.39 is 0 Å². The van der Waals surface area contributed by atoms with Gasteiger partial charge in [-0.1, -0.05) is 12.1 Å². The smallest absolute Gasteiger partial charge is 0.260 e. The second-order valence-electron chi connectivity index (χ2n) is 5.89.